The summed E-state index contributed by atoms with van der Waals surface area (Å²) in [5.74, 6) is -0.498. The molecule has 110 valence electrons. The molecule has 2 rings (SSSR count). The average Bonchev–Trinajstić information content (AvgIpc) is 2.46. The zero-order valence-electron chi connectivity index (χ0n) is 11.1. The first-order valence-corrected chi connectivity index (χ1v) is 6.66. The minimum absolute atomic E-state index is 0.0201. The first-order chi connectivity index (χ1) is 9.65. The molecule has 1 aromatic carbocycles. The number of aliphatic hydroxyl groups excluding tert-OH is 1. The number of halogens is 1. The third-order valence-corrected chi connectivity index (χ3v) is 3.18. The molecule has 6 heteroatoms. The number of morpholine rings is 1. The fourth-order valence-electron chi connectivity index (χ4n) is 2.06. The number of benzene rings is 1. The van der Waals surface area contributed by atoms with E-state index in [4.69, 9.17) is 4.74 Å². The van der Waals surface area contributed by atoms with Crippen LogP contribution in [0.5, 0.6) is 0 Å². The zero-order valence-corrected chi connectivity index (χ0v) is 11.1. The van der Waals surface area contributed by atoms with E-state index < -0.39 is 6.10 Å². The third-order valence-electron chi connectivity index (χ3n) is 3.18. The average molecular weight is 282 g/mol. The Balaban J connectivity index is 1.73. The lowest BCUT2D eigenvalue weighted by Crippen LogP contribution is -2.44. The molecule has 1 fully saturated rings. The molecule has 2 atom stereocenters. The van der Waals surface area contributed by atoms with Gasteiger partial charge in [-0.05, 0) is 17.7 Å². The summed E-state index contributed by atoms with van der Waals surface area (Å²) in [5.41, 5.74) is 0.575. The lowest BCUT2D eigenvalue weighted by Gasteiger charge is -2.23. The Kier molecular flexibility index (Phi) is 5.46. The van der Waals surface area contributed by atoms with Crippen molar-refractivity contribution in [1.82, 2.24) is 10.6 Å². The number of aliphatic hydroxyl groups is 1. The van der Waals surface area contributed by atoms with Crippen molar-refractivity contribution in [1.29, 1.82) is 0 Å². The van der Waals surface area contributed by atoms with Gasteiger partial charge in [-0.15, -0.1) is 0 Å². The highest BCUT2D eigenvalue weighted by atomic mass is 19.1. The quantitative estimate of drug-likeness (QED) is 0.729. The zero-order chi connectivity index (χ0) is 14.4. The van der Waals surface area contributed by atoms with E-state index in [1.165, 1.54) is 24.3 Å². The molecule has 1 amide bonds. The van der Waals surface area contributed by atoms with E-state index in [1.807, 2.05) is 0 Å². The molecule has 0 aliphatic carbocycles. The van der Waals surface area contributed by atoms with Crippen LogP contribution in [0.4, 0.5) is 4.39 Å². The number of nitrogens with one attached hydrogen (secondary N) is 2. The monoisotopic (exact) mass is 282 g/mol. The highest BCUT2D eigenvalue weighted by Gasteiger charge is 2.17. The van der Waals surface area contributed by atoms with Crippen LogP contribution in [0.2, 0.25) is 0 Å². The molecule has 3 N–H and O–H groups in total. The summed E-state index contributed by atoms with van der Waals surface area (Å²) in [6.07, 6.45) is -0.522. The highest BCUT2D eigenvalue weighted by molar-refractivity contribution is 5.76. The molecule has 1 aliphatic heterocycles. The lowest BCUT2D eigenvalue weighted by atomic mass is 10.1. The SMILES string of the molecule is O=C(CC1COCCN1)NCC(O)c1ccc(F)cc1. The molecule has 0 bridgehead atoms. The van der Waals surface area contributed by atoms with E-state index in [2.05, 4.69) is 10.6 Å². The topological polar surface area (TPSA) is 70.6 Å². The van der Waals surface area contributed by atoms with Crippen molar-refractivity contribution in [2.75, 3.05) is 26.3 Å². The molecule has 1 heterocycles. The summed E-state index contributed by atoms with van der Waals surface area (Å²) < 4.78 is 18.0. The minimum atomic E-state index is -0.838. The van der Waals surface area contributed by atoms with E-state index in [1.54, 1.807) is 0 Å². The Bertz CT molecular complexity index is 433. The number of amides is 1. The van der Waals surface area contributed by atoms with Crippen LogP contribution in [0.1, 0.15) is 18.1 Å². The van der Waals surface area contributed by atoms with Gasteiger partial charge < -0.3 is 20.5 Å². The van der Waals surface area contributed by atoms with Gasteiger partial charge in [0.1, 0.15) is 5.82 Å². The maximum absolute atomic E-state index is 12.8. The Morgan fingerprint density at radius 2 is 2.25 bits per heavy atom. The number of rotatable bonds is 5. The standard InChI is InChI=1S/C14H19FN2O3/c15-11-3-1-10(2-4-11)13(18)8-17-14(19)7-12-9-20-6-5-16-12/h1-4,12-13,16,18H,5-9H2,(H,17,19). The molecular formula is C14H19FN2O3. The summed E-state index contributed by atoms with van der Waals surface area (Å²) in [7, 11) is 0. The van der Waals surface area contributed by atoms with Crippen LogP contribution < -0.4 is 10.6 Å². The van der Waals surface area contributed by atoms with Crippen LogP contribution >= 0.6 is 0 Å². The van der Waals surface area contributed by atoms with Crippen molar-refractivity contribution < 1.29 is 19.0 Å². The fourth-order valence-corrected chi connectivity index (χ4v) is 2.06. The Hall–Kier alpha value is -1.50. The second-order valence-corrected chi connectivity index (χ2v) is 4.80. The van der Waals surface area contributed by atoms with Crippen molar-refractivity contribution in [2.45, 2.75) is 18.6 Å². The van der Waals surface area contributed by atoms with E-state index in [9.17, 15) is 14.3 Å². The molecule has 0 radical (unpaired) electrons. The lowest BCUT2D eigenvalue weighted by molar-refractivity contribution is -0.122. The molecule has 1 aliphatic rings. The van der Waals surface area contributed by atoms with E-state index in [0.717, 1.165) is 6.54 Å². The van der Waals surface area contributed by atoms with Gasteiger partial charge in [0, 0.05) is 25.6 Å². The third kappa shape index (κ3) is 4.56. The molecule has 1 aromatic rings. The molecule has 0 spiro atoms. The summed E-state index contributed by atoms with van der Waals surface area (Å²) in [5, 5.41) is 15.7. The van der Waals surface area contributed by atoms with Crippen molar-refractivity contribution >= 4 is 5.91 Å². The maximum Gasteiger partial charge on any atom is 0.221 e. The van der Waals surface area contributed by atoms with Crippen molar-refractivity contribution in [3.8, 4) is 0 Å². The van der Waals surface area contributed by atoms with Crippen LogP contribution in [0, 0.1) is 5.82 Å². The Morgan fingerprint density at radius 3 is 2.90 bits per heavy atom. The van der Waals surface area contributed by atoms with Gasteiger partial charge in [0.05, 0.1) is 19.3 Å². The van der Waals surface area contributed by atoms with E-state index in [-0.39, 0.29) is 24.3 Å². The largest absolute Gasteiger partial charge is 0.387 e. The van der Waals surface area contributed by atoms with Crippen LogP contribution in [-0.2, 0) is 9.53 Å². The first-order valence-electron chi connectivity index (χ1n) is 6.66. The van der Waals surface area contributed by atoms with Gasteiger partial charge in [-0.3, -0.25) is 4.79 Å². The maximum atomic E-state index is 12.8. The van der Waals surface area contributed by atoms with Crippen LogP contribution in [0.3, 0.4) is 0 Å². The second kappa shape index (κ2) is 7.33. The summed E-state index contributed by atoms with van der Waals surface area (Å²) in [6.45, 7) is 2.05. The first kappa shape index (κ1) is 14.9. The molecule has 20 heavy (non-hydrogen) atoms. The number of hydrogen-bond donors (Lipinski definition) is 3. The normalized spacial score (nSPS) is 20.4. The number of carbonyl (C=O) groups is 1. The minimum Gasteiger partial charge on any atom is -0.387 e. The van der Waals surface area contributed by atoms with Gasteiger partial charge in [0.2, 0.25) is 5.91 Å². The van der Waals surface area contributed by atoms with Gasteiger partial charge in [0.25, 0.3) is 0 Å². The molecule has 0 aromatic heterocycles. The van der Waals surface area contributed by atoms with Gasteiger partial charge in [-0.25, -0.2) is 4.39 Å². The van der Waals surface area contributed by atoms with Crippen LogP contribution in [0.25, 0.3) is 0 Å². The molecule has 1 saturated heterocycles. The van der Waals surface area contributed by atoms with Gasteiger partial charge in [0.15, 0.2) is 0 Å². The second-order valence-electron chi connectivity index (χ2n) is 4.80. The Morgan fingerprint density at radius 1 is 1.50 bits per heavy atom. The number of hydrogen-bond acceptors (Lipinski definition) is 4. The fraction of sp³-hybridized carbons (Fsp3) is 0.500. The van der Waals surface area contributed by atoms with Gasteiger partial charge in [-0.2, -0.15) is 0 Å². The molecular weight excluding hydrogens is 263 g/mol. The summed E-state index contributed by atoms with van der Waals surface area (Å²) in [4.78, 5) is 11.7. The van der Waals surface area contributed by atoms with Crippen molar-refractivity contribution in [2.24, 2.45) is 0 Å². The van der Waals surface area contributed by atoms with E-state index >= 15 is 0 Å². The van der Waals surface area contributed by atoms with Crippen LogP contribution in [0.15, 0.2) is 24.3 Å². The Labute approximate surface area is 117 Å². The van der Waals surface area contributed by atoms with Crippen molar-refractivity contribution in [3.63, 3.8) is 0 Å². The van der Waals surface area contributed by atoms with E-state index in [0.29, 0.717) is 25.2 Å². The van der Waals surface area contributed by atoms with Gasteiger partial charge in [-0.1, -0.05) is 12.1 Å². The summed E-state index contributed by atoms with van der Waals surface area (Å²) >= 11 is 0. The molecule has 0 saturated carbocycles. The smallest absolute Gasteiger partial charge is 0.221 e. The predicted octanol–water partition coefficient (Wildman–Crippen LogP) is 0.354. The molecule has 2 unspecified atom stereocenters. The summed E-state index contributed by atoms with van der Waals surface area (Å²) in [6, 6.07) is 5.59. The number of ether oxygens (including phenoxy) is 1. The van der Waals surface area contributed by atoms with Crippen molar-refractivity contribution in [3.05, 3.63) is 35.6 Å². The van der Waals surface area contributed by atoms with Crippen LogP contribution in [-0.4, -0.2) is 43.4 Å². The highest BCUT2D eigenvalue weighted by Crippen LogP contribution is 2.12. The number of carbonyl (C=O) groups excluding carboxylic acids is 1. The molecule has 5 nitrogen and oxygen atoms in total. The van der Waals surface area contributed by atoms with Gasteiger partial charge >= 0.3 is 0 Å². The predicted molar refractivity (Wildman–Crippen MR) is 71.6 cm³/mol.